The molecule has 216 valence electrons. The molecule has 0 bridgehead atoms. The van der Waals surface area contributed by atoms with E-state index in [0.717, 1.165) is 24.8 Å². The van der Waals surface area contributed by atoms with Gasteiger partial charge < -0.3 is 18.8 Å². The molecule has 3 aliphatic heterocycles. The van der Waals surface area contributed by atoms with Crippen molar-refractivity contribution < 1.29 is 31.8 Å². The van der Waals surface area contributed by atoms with Gasteiger partial charge >= 0.3 is 6.18 Å². The third-order valence-corrected chi connectivity index (χ3v) is 8.26. The first-order valence-corrected chi connectivity index (χ1v) is 13.8. The fraction of sp³-hybridized carbons (Fsp3) is 0.448. The highest BCUT2D eigenvalue weighted by Crippen LogP contribution is 2.50. The smallest absolute Gasteiger partial charge is 0.436 e. The van der Waals surface area contributed by atoms with E-state index in [1.165, 1.54) is 10.6 Å². The van der Waals surface area contributed by atoms with Crippen LogP contribution in [0.1, 0.15) is 60.4 Å². The first-order valence-electron chi connectivity index (χ1n) is 13.4. The van der Waals surface area contributed by atoms with E-state index in [0.29, 0.717) is 31.2 Å². The highest BCUT2D eigenvalue weighted by Gasteiger charge is 2.43. The Morgan fingerprint density at radius 3 is 2.54 bits per heavy atom. The Bertz CT molecular complexity index is 1510. The van der Waals surface area contributed by atoms with Crippen molar-refractivity contribution in [2.75, 3.05) is 19.7 Å². The van der Waals surface area contributed by atoms with Crippen LogP contribution in [0.5, 0.6) is 11.5 Å². The quantitative estimate of drug-likeness (QED) is 0.310. The average molecular weight is 591 g/mol. The number of likely N-dealkylation sites (tertiary alicyclic amines) is 1. The van der Waals surface area contributed by atoms with Gasteiger partial charge in [-0.1, -0.05) is 23.7 Å². The van der Waals surface area contributed by atoms with Crippen molar-refractivity contribution in [2.24, 2.45) is 0 Å². The molecule has 2 fully saturated rings. The van der Waals surface area contributed by atoms with Crippen molar-refractivity contribution in [2.45, 2.75) is 63.3 Å². The first-order chi connectivity index (χ1) is 19.6. The molecule has 0 spiro atoms. The Hall–Kier alpha value is -3.33. The summed E-state index contributed by atoms with van der Waals surface area (Å²) in [6, 6.07) is 11.7. The zero-order valence-corrected chi connectivity index (χ0v) is 22.9. The van der Waals surface area contributed by atoms with E-state index < -0.39 is 29.2 Å². The minimum atomic E-state index is -4.72. The molecule has 0 saturated carbocycles. The number of hydrogen-bond donors (Lipinski definition) is 0. The van der Waals surface area contributed by atoms with Crippen LogP contribution in [0.3, 0.4) is 0 Å². The number of nitriles is 1. The summed E-state index contributed by atoms with van der Waals surface area (Å²) < 4.78 is 74.9. The maximum Gasteiger partial charge on any atom is 0.436 e. The van der Waals surface area contributed by atoms with Crippen LogP contribution < -0.4 is 9.47 Å². The Kier molecular flexibility index (Phi) is 7.12. The van der Waals surface area contributed by atoms with Crippen molar-refractivity contribution in [3.05, 3.63) is 75.6 Å². The van der Waals surface area contributed by atoms with Crippen LogP contribution in [0.4, 0.5) is 17.6 Å². The molecule has 7 nitrogen and oxygen atoms in total. The van der Waals surface area contributed by atoms with Crippen LogP contribution in [0, 0.1) is 17.1 Å². The summed E-state index contributed by atoms with van der Waals surface area (Å²) in [5, 5.41) is 9.82. The van der Waals surface area contributed by atoms with E-state index >= 15 is 0 Å². The molecular weight excluding hydrogens is 564 g/mol. The molecular formula is C29H27ClF4N4O3. The van der Waals surface area contributed by atoms with Gasteiger partial charge in [0.25, 0.3) is 5.79 Å². The number of benzene rings is 2. The van der Waals surface area contributed by atoms with Gasteiger partial charge in [0.1, 0.15) is 17.7 Å². The fourth-order valence-corrected chi connectivity index (χ4v) is 5.96. The summed E-state index contributed by atoms with van der Waals surface area (Å²) in [5.74, 6) is -0.494. The third-order valence-electron chi connectivity index (χ3n) is 8.02. The third kappa shape index (κ3) is 5.25. The maximum absolute atomic E-state index is 14.7. The molecule has 0 amide bonds. The minimum absolute atomic E-state index is 0.103. The van der Waals surface area contributed by atoms with Gasteiger partial charge in [0.2, 0.25) is 0 Å². The Morgan fingerprint density at radius 2 is 1.90 bits per heavy atom. The number of piperidine rings is 1. The van der Waals surface area contributed by atoms with Crippen molar-refractivity contribution in [3.63, 3.8) is 0 Å². The Balaban J connectivity index is 1.18. The van der Waals surface area contributed by atoms with E-state index in [-0.39, 0.29) is 41.5 Å². The second-order valence-electron chi connectivity index (χ2n) is 10.7. The molecule has 0 aliphatic carbocycles. The second-order valence-corrected chi connectivity index (χ2v) is 11.2. The maximum atomic E-state index is 14.7. The number of alkyl halides is 3. The van der Waals surface area contributed by atoms with E-state index in [1.54, 1.807) is 31.2 Å². The Labute approximate surface area is 239 Å². The highest BCUT2D eigenvalue weighted by molar-refractivity contribution is 6.30. The molecule has 12 heteroatoms. The summed E-state index contributed by atoms with van der Waals surface area (Å²) in [4.78, 5) is 5.93. The molecule has 0 radical (unpaired) electrons. The first kappa shape index (κ1) is 27.8. The van der Waals surface area contributed by atoms with Gasteiger partial charge in [-0.25, -0.2) is 9.37 Å². The number of fused-ring (bicyclic) bond motifs is 1. The van der Waals surface area contributed by atoms with Gasteiger partial charge in [-0.15, -0.1) is 0 Å². The van der Waals surface area contributed by atoms with Crippen LogP contribution in [-0.2, 0) is 29.8 Å². The molecule has 6 rings (SSSR count). The van der Waals surface area contributed by atoms with Gasteiger partial charge in [0.05, 0.1) is 24.8 Å². The summed E-state index contributed by atoms with van der Waals surface area (Å²) >= 11 is 5.92. The van der Waals surface area contributed by atoms with Crippen molar-refractivity contribution in [1.29, 1.82) is 5.26 Å². The number of ether oxygens (including phenoxy) is 3. The lowest BCUT2D eigenvalue weighted by Crippen LogP contribution is -2.35. The van der Waals surface area contributed by atoms with Crippen LogP contribution in [0.15, 0.2) is 36.4 Å². The van der Waals surface area contributed by atoms with Gasteiger partial charge in [0.15, 0.2) is 22.9 Å². The van der Waals surface area contributed by atoms with E-state index in [2.05, 4.69) is 4.98 Å². The molecule has 2 unspecified atom stereocenters. The van der Waals surface area contributed by atoms with Gasteiger partial charge in [-0.2, -0.15) is 18.4 Å². The zero-order valence-electron chi connectivity index (χ0n) is 22.2. The molecule has 4 heterocycles. The predicted octanol–water partition coefficient (Wildman–Crippen LogP) is 6.38. The number of aromatic nitrogens is 2. The molecule has 41 heavy (non-hydrogen) atoms. The monoisotopic (exact) mass is 590 g/mol. The molecule has 0 N–H and O–H groups in total. The van der Waals surface area contributed by atoms with Crippen LogP contribution in [-0.4, -0.2) is 40.3 Å². The molecule has 1 aromatic heterocycles. The lowest BCUT2D eigenvalue weighted by Gasteiger charge is -2.33. The van der Waals surface area contributed by atoms with Crippen molar-refractivity contribution in [1.82, 2.24) is 14.5 Å². The normalized spacial score (nSPS) is 22.9. The number of nitrogens with zero attached hydrogens (tertiary/aromatic N) is 4. The number of hydrogen-bond acceptors (Lipinski definition) is 6. The van der Waals surface area contributed by atoms with Crippen LogP contribution in [0.25, 0.3) is 0 Å². The van der Waals surface area contributed by atoms with Crippen molar-refractivity contribution in [3.8, 4) is 17.6 Å². The van der Waals surface area contributed by atoms with Gasteiger partial charge in [-0.05, 0) is 62.5 Å². The van der Waals surface area contributed by atoms with E-state index in [4.69, 9.17) is 25.8 Å². The van der Waals surface area contributed by atoms with Gasteiger partial charge in [-0.3, -0.25) is 4.90 Å². The summed E-state index contributed by atoms with van der Waals surface area (Å²) in [7, 11) is 0. The standard InChI is InChI=1S/C29H27ClF4N4O3/c1-28(21-6-5-18(30)13-22(21)31)40-24-4-2-3-20(26(24)41-28)17-7-10-37(11-8-17)16-25-36-27(29(32,33)34)23(14-35)38(25)15-19-9-12-39-19/h2-6,13,17,19H,7-12,15-16H2,1H3. The number of para-hydroxylation sites is 1. The molecule has 2 saturated heterocycles. The lowest BCUT2D eigenvalue weighted by molar-refractivity contribution is -0.141. The fourth-order valence-electron chi connectivity index (χ4n) is 5.80. The van der Waals surface area contributed by atoms with Gasteiger partial charge in [0, 0.05) is 24.1 Å². The Morgan fingerprint density at radius 1 is 1.15 bits per heavy atom. The van der Waals surface area contributed by atoms with Crippen LogP contribution in [0.2, 0.25) is 5.02 Å². The van der Waals surface area contributed by atoms with Crippen molar-refractivity contribution >= 4 is 11.6 Å². The predicted molar refractivity (Wildman–Crippen MR) is 140 cm³/mol. The highest BCUT2D eigenvalue weighted by atomic mass is 35.5. The topological polar surface area (TPSA) is 72.5 Å². The summed E-state index contributed by atoms with van der Waals surface area (Å²) in [6.45, 7) is 3.78. The number of imidazole rings is 1. The SMILES string of the molecule is CC1(c2ccc(Cl)cc2F)Oc2cccc(C3CCN(Cc4nc(C(F)(F)F)c(C#N)n4CC4CCO4)CC3)c2O1. The molecule has 3 aromatic rings. The molecule has 2 atom stereocenters. The summed E-state index contributed by atoms with van der Waals surface area (Å²) in [6.07, 6.45) is -2.79. The molecule has 3 aliphatic rings. The van der Waals surface area contributed by atoms with E-state index in [1.807, 2.05) is 17.0 Å². The zero-order chi connectivity index (χ0) is 28.9. The lowest BCUT2D eigenvalue weighted by atomic mass is 9.88. The number of rotatable bonds is 6. The minimum Gasteiger partial charge on any atom is -0.444 e. The average Bonchev–Trinajstić information content (AvgIpc) is 3.43. The van der Waals surface area contributed by atoms with Crippen LogP contribution >= 0.6 is 11.6 Å². The second kappa shape index (κ2) is 10.5. The molecule has 2 aromatic carbocycles. The summed E-state index contributed by atoms with van der Waals surface area (Å²) in [5.41, 5.74) is -0.455. The number of halogens is 5. The largest absolute Gasteiger partial charge is 0.444 e. The van der Waals surface area contributed by atoms with E-state index in [9.17, 15) is 22.8 Å².